The van der Waals surface area contributed by atoms with Gasteiger partial charge >= 0.3 is 18.3 Å². The van der Waals surface area contributed by atoms with E-state index in [1.807, 2.05) is 4.72 Å². The van der Waals surface area contributed by atoms with E-state index >= 15 is 0 Å². The third-order valence-corrected chi connectivity index (χ3v) is 10.3. The molecule has 12 nitrogen and oxygen atoms in total. The maximum atomic E-state index is 13.4. The van der Waals surface area contributed by atoms with Gasteiger partial charge in [-0.2, -0.15) is 26.3 Å². The number of hydrogen-bond donors (Lipinski definition) is 4. The number of sulfonamides is 2. The predicted octanol–water partition coefficient (Wildman–Crippen LogP) is 5.57. The molecule has 5 rings (SSSR count). The summed E-state index contributed by atoms with van der Waals surface area (Å²) >= 11 is 5.66. The third-order valence-electron chi connectivity index (χ3n) is 6.83. The number of aromatic amines is 1. The SMILES string of the molecule is O=C(O)C(F)(F)F.[C-]#[N+]c1cc(C[C@H](NS(=O)(=O)c2ccc(Cl)c(C(F)(F)F)c2)c2nc3ccccc3[nH]2)ccc1C1CC(=O)NS1(=O)=O. The zero-order valence-corrected chi connectivity index (χ0v) is 26.5. The fourth-order valence-corrected chi connectivity index (χ4v) is 7.52. The number of carbonyl (C=O) groups excluding carboxylic acids is 1. The van der Waals surface area contributed by atoms with Gasteiger partial charge in [-0.15, -0.1) is 0 Å². The number of imidazole rings is 1. The van der Waals surface area contributed by atoms with Gasteiger partial charge < -0.3 is 10.1 Å². The number of hydrogen-bond acceptors (Lipinski definition) is 7. The molecule has 0 saturated carbocycles. The number of alkyl halides is 6. The van der Waals surface area contributed by atoms with Gasteiger partial charge in [-0.3, -0.25) is 9.52 Å². The molecular weight excluding hydrogens is 732 g/mol. The van der Waals surface area contributed by atoms with Crippen molar-refractivity contribution < 1.29 is 57.9 Å². The van der Waals surface area contributed by atoms with Crippen molar-refractivity contribution in [2.75, 3.05) is 0 Å². The molecule has 1 amide bonds. The van der Waals surface area contributed by atoms with Gasteiger partial charge in [0.25, 0.3) is 0 Å². The Morgan fingerprint density at radius 3 is 2.31 bits per heavy atom. The van der Waals surface area contributed by atoms with Gasteiger partial charge in [0.2, 0.25) is 26.0 Å². The number of aliphatic carboxylic acids is 1. The van der Waals surface area contributed by atoms with Crippen LogP contribution in [0, 0.1) is 6.57 Å². The lowest BCUT2D eigenvalue weighted by molar-refractivity contribution is -0.192. The average Bonchev–Trinajstić information content (AvgIpc) is 3.55. The van der Waals surface area contributed by atoms with Gasteiger partial charge in [-0.1, -0.05) is 47.5 Å². The number of halogens is 7. The minimum atomic E-state index is -5.08. The summed E-state index contributed by atoms with van der Waals surface area (Å²) in [5.41, 5.74) is 0.191. The second kappa shape index (κ2) is 13.7. The van der Waals surface area contributed by atoms with Crippen molar-refractivity contribution in [3.8, 4) is 0 Å². The van der Waals surface area contributed by atoms with E-state index in [1.165, 1.54) is 18.2 Å². The minimum Gasteiger partial charge on any atom is -0.475 e. The van der Waals surface area contributed by atoms with Crippen molar-refractivity contribution in [3.63, 3.8) is 0 Å². The highest BCUT2D eigenvalue weighted by Gasteiger charge is 2.40. The van der Waals surface area contributed by atoms with E-state index in [2.05, 4.69) is 19.5 Å². The molecule has 0 radical (unpaired) electrons. The number of nitrogens with zero attached hydrogens (tertiary/aromatic N) is 2. The zero-order chi connectivity index (χ0) is 36.5. The number of carboxylic acids is 1. The van der Waals surface area contributed by atoms with Crippen LogP contribution in [0.5, 0.6) is 0 Å². The molecule has 0 spiro atoms. The number of nitrogens with one attached hydrogen (secondary N) is 3. The van der Waals surface area contributed by atoms with Crippen molar-refractivity contribution in [2.45, 2.75) is 41.4 Å². The van der Waals surface area contributed by atoms with E-state index in [0.29, 0.717) is 22.7 Å². The van der Waals surface area contributed by atoms with E-state index in [9.17, 15) is 48.0 Å². The van der Waals surface area contributed by atoms with Gasteiger partial charge in [0.15, 0.2) is 5.69 Å². The van der Waals surface area contributed by atoms with Crippen LogP contribution in [0.1, 0.15) is 40.2 Å². The molecule has 1 aliphatic rings. The van der Waals surface area contributed by atoms with Crippen molar-refractivity contribution in [1.29, 1.82) is 0 Å². The Bertz CT molecular complexity index is 2170. The molecule has 1 aromatic heterocycles. The van der Waals surface area contributed by atoms with Crippen molar-refractivity contribution in [2.24, 2.45) is 0 Å². The molecular formula is C28H20ClF6N5O7S2. The van der Waals surface area contributed by atoms with Gasteiger partial charge in [0, 0.05) is 6.42 Å². The maximum Gasteiger partial charge on any atom is 0.490 e. The molecule has 21 heteroatoms. The van der Waals surface area contributed by atoms with E-state index in [1.54, 1.807) is 24.3 Å². The molecule has 4 aromatic rings. The number of fused-ring (bicyclic) bond motifs is 1. The summed E-state index contributed by atoms with van der Waals surface area (Å²) in [5, 5.41) is 5.20. The fraction of sp³-hybridized carbons (Fsp3) is 0.214. The van der Waals surface area contributed by atoms with Crippen LogP contribution in [-0.4, -0.2) is 50.0 Å². The summed E-state index contributed by atoms with van der Waals surface area (Å²) in [6.07, 6.45) is -10.5. The molecule has 2 atom stereocenters. The first-order valence-corrected chi connectivity index (χ1v) is 16.7. The highest BCUT2D eigenvalue weighted by atomic mass is 35.5. The van der Waals surface area contributed by atoms with Crippen LogP contribution >= 0.6 is 11.6 Å². The van der Waals surface area contributed by atoms with Crippen LogP contribution in [0.15, 0.2) is 65.6 Å². The lowest BCUT2D eigenvalue weighted by Crippen LogP contribution is -2.31. The quantitative estimate of drug-likeness (QED) is 0.140. The Kier molecular flexibility index (Phi) is 10.3. The van der Waals surface area contributed by atoms with Gasteiger partial charge in [-0.25, -0.2) is 36.2 Å². The van der Waals surface area contributed by atoms with E-state index in [0.717, 1.165) is 12.1 Å². The highest BCUT2D eigenvalue weighted by Crippen LogP contribution is 2.38. The minimum absolute atomic E-state index is 0.0590. The Balaban J connectivity index is 0.000000698. The van der Waals surface area contributed by atoms with Crippen LogP contribution in [0.2, 0.25) is 5.02 Å². The third kappa shape index (κ3) is 8.66. The number of rotatable bonds is 7. The number of carboxylic acid groups (broad SMARTS) is 1. The summed E-state index contributed by atoms with van der Waals surface area (Å²) in [4.78, 5) is 30.8. The summed E-state index contributed by atoms with van der Waals surface area (Å²) in [5.74, 6) is -3.31. The summed E-state index contributed by atoms with van der Waals surface area (Å²) in [6.45, 7) is 7.58. The fourth-order valence-electron chi connectivity index (χ4n) is 4.62. The molecule has 1 unspecified atom stereocenters. The van der Waals surface area contributed by atoms with Gasteiger partial charge in [0.1, 0.15) is 11.1 Å². The standard InChI is InChI=1S/C26H19ClF3N5O5S2.C2HF3O2/c1-31-21-10-14(6-8-16(21)23-13-24(36)35-42(23,39)40)11-22(25-32-19-4-2-3-5-20(19)33-25)34-41(37,38)15-7-9-18(27)17(12-15)26(28,29)30;3-2(4,5)1(6)7/h2-10,12,22-23,34H,11,13H2,(H,32,33)(H,35,36);(H,6,7)/t22-,23?;/m0./s1. The van der Waals surface area contributed by atoms with E-state index in [-0.39, 0.29) is 29.9 Å². The van der Waals surface area contributed by atoms with Crippen LogP contribution in [-0.2, 0) is 42.2 Å². The number of H-pyrrole nitrogens is 1. The zero-order valence-electron chi connectivity index (χ0n) is 24.1. The smallest absolute Gasteiger partial charge is 0.475 e. The number of aromatic nitrogens is 2. The predicted molar refractivity (Wildman–Crippen MR) is 160 cm³/mol. The Morgan fingerprint density at radius 2 is 1.76 bits per heavy atom. The first kappa shape index (κ1) is 37.1. The highest BCUT2D eigenvalue weighted by molar-refractivity contribution is 7.90. The van der Waals surface area contributed by atoms with Crippen LogP contribution < -0.4 is 9.44 Å². The molecule has 260 valence electrons. The molecule has 1 aliphatic heterocycles. The largest absolute Gasteiger partial charge is 0.490 e. The number of para-hydroxylation sites is 2. The number of carbonyl (C=O) groups is 2. The summed E-state index contributed by atoms with van der Waals surface area (Å²) < 4.78 is 128. The molecule has 0 aliphatic carbocycles. The van der Waals surface area contributed by atoms with Gasteiger partial charge in [-0.05, 0) is 42.3 Å². The van der Waals surface area contributed by atoms with Crippen molar-refractivity contribution in [1.82, 2.24) is 19.4 Å². The molecule has 2 heterocycles. The molecule has 1 saturated heterocycles. The van der Waals surface area contributed by atoms with Gasteiger partial charge in [0.05, 0.1) is 39.1 Å². The molecule has 3 aromatic carbocycles. The Morgan fingerprint density at radius 1 is 1.10 bits per heavy atom. The van der Waals surface area contributed by atoms with Crippen LogP contribution in [0.25, 0.3) is 15.9 Å². The summed E-state index contributed by atoms with van der Waals surface area (Å²) in [7, 11) is -8.60. The molecule has 0 bridgehead atoms. The molecule has 1 fully saturated rings. The summed E-state index contributed by atoms with van der Waals surface area (Å²) in [6, 6.07) is 12.1. The van der Waals surface area contributed by atoms with Crippen molar-refractivity contribution in [3.05, 3.63) is 99.6 Å². The first-order chi connectivity index (χ1) is 22.6. The van der Waals surface area contributed by atoms with Crippen LogP contribution in [0.3, 0.4) is 0 Å². The maximum absolute atomic E-state index is 13.4. The monoisotopic (exact) mass is 751 g/mol. The van der Waals surface area contributed by atoms with E-state index in [4.69, 9.17) is 28.1 Å². The lowest BCUT2D eigenvalue weighted by atomic mass is 10.00. The first-order valence-electron chi connectivity index (χ1n) is 13.3. The Hall–Kier alpha value is -4.71. The second-order valence-corrected chi connectivity index (χ2v) is 14.2. The molecule has 4 N–H and O–H groups in total. The lowest BCUT2D eigenvalue weighted by Gasteiger charge is -2.19. The number of amides is 1. The topological polar surface area (TPSA) is 180 Å². The van der Waals surface area contributed by atoms with Crippen LogP contribution in [0.4, 0.5) is 32.0 Å². The normalized spacial score (nSPS) is 16.7. The van der Waals surface area contributed by atoms with Crippen molar-refractivity contribution >= 4 is 60.2 Å². The average molecular weight is 752 g/mol. The Labute approximate surface area is 278 Å². The second-order valence-electron chi connectivity index (χ2n) is 10.2. The molecule has 49 heavy (non-hydrogen) atoms. The van der Waals surface area contributed by atoms with E-state index < -0.39 is 71.0 Å². The number of benzene rings is 3.